The van der Waals surface area contributed by atoms with E-state index in [9.17, 15) is 27.6 Å². The minimum Gasteiger partial charge on any atom is -0.443 e. The summed E-state index contributed by atoms with van der Waals surface area (Å²) in [6, 6.07) is 4.70. The molecule has 0 saturated carbocycles. The lowest BCUT2D eigenvalue weighted by Gasteiger charge is -2.46. The van der Waals surface area contributed by atoms with Crippen LogP contribution in [0.15, 0.2) is 24.3 Å². The molecule has 6 nitrogen and oxygen atoms in total. The fraction of sp³-hybridized carbons (Fsp3) is 0.625. The molecular formula is C24H31F3N2O4. The van der Waals surface area contributed by atoms with Crippen LogP contribution in [-0.2, 0) is 27.0 Å². The number of hydrogen-bond donors (Lipinski definition) is 0. The smallest absolute Gasteiger partial charge is 0.416 e. The van der Waals surface area contributed by atoms with Crippen molar-refractivity contribution < 1.29 is 32.3 Å². The van der Waals surface area contributed by atoms with E-state index in [-0.39, 0.29) is 31.2 Å². The maximum Gasteiger partial charge on any atom is 0.416 e. The Morgan fingerprint density at radius 2 is 1.70 bits per heavy atom. The van der Waals surface area contributed by atoms with Crippen LogP contribution in [0.5, 0.6) is 0 Å². The van der Waals surface area contributed by atoms with Crippen LogP contribution in [0.25, 0.3) is 0 Å². The number of halogens is 3. The molecule has 2 fully saturated rings. The molecule has 2 saturated heterocycles. The molecule has 33 heavy (non-hydrogen) atoms. The van der Waals surface area contributed by atoms with Crippen molar-refractivity contribution in [2.24, 2.45) is 5.41 Å². The maximum atomic E-state index is 12.8. The Hall–Kier alpha value is -2.58. The first-order valence-corrected chi connectivity index (χ1v) is 11.3. The molecule has 0 unspecified atom stereocenters. The Morgan fingerprint density at radius 1 is 1.09 bits per heavy atom. The van der Waals surface area contributed by atoms with E-state index < -0.39 is 28.8 Å². The summed E-state index contributed by atoms with van der Waals surface area (Å²) >= 11 is 0. The highest BCUT2D eigenvalue weighted by Gasteiger charge is 2.48. The van der Waals surface area contributed by atoms with E-state index in [0.717, 1.165) is 25.0 Å². The van der Waals surface area contributed by atoms with E-state index in [2.05, 4.69) is 0 Å². The molecule has 0 aliphatic carbocycles. The van der Waals surface area contributed by atoms with Gasteiger partial charge in [0.25, 0.3) is 0 Å². The summed E-state index contributed by atoms with van der Waals surface area (Å²) in [5.41, 5.74) is -1.48. The van der Waals surface area contributed by atoms with Crippen LogP contribution < -0.4 is 0 Å². The lowest BCUT2D eigenvalue weighted by molar-refractivity contribution is -0.151. The zero-order valence-corrected chi connectivity index (χ0v) is 19.3. The molecule has 0 radical (unpaired) electrons. The minimum atomic E-state index is -4.42. The van der Waals surface area contributed by atoms with Crippen molar-refractivity contribution in [2.75, 3.05) is 19.6 Å². The SMILES string of the molecule is CCCC(C)(C)OC(=O)N1CCC2(CC1)CN(Cc1ccc(C(F)(F)F)cc1)C(=O)CC2=O. The molecule has 1 spiro atoms. The van der Waals surface area contributed by atoms with E-state index in [0.29, 0.717) is 31.5 Å². The van der Waals surface area contributed by atoms with Gasteiger partial charge in [0.1, 0.15) is 11.4 Å². The van der Waals surface area contributed by atoms with E-state index in [1.165, 1.54) is 12.1 Å². The van der Waals surface area contributed by atoms with Gasteiger partial charge in [-0.25, -0.2) is 4.79 Å². The average molecular weight is 469 g/mol. The number of Topliss-reactive ketones (excluding diaryl/α,β-unsaturated/α-hetero) is 1. The molecule has 182 valence electrons. The lowest BCUT2D eigenvalue weighted by Crippen LogP contribution is -2.57. The van der Waals surface area contributed by atoms with Crippen molar-refractivity contribution in [1.29, 1.82) is 0 Å². The van der Waals surface area contributed by atoms with Gasteiger partial charge in [-0.05, 0) is 50.8 Å². The largest absolute Gasteiger partial charge is 0.443 e. The first-order valence-electron chi connectivity index (χ1n) is 11.3. The van der Waals surface area contributed by atoms with Gasteiger partial charge in [-0.2, -0.15) is 13.2 Å². The molecule has 0 N–H and O–H groups in total. The van der Waals surface area contributed by atoms with Crippen LogP contribution in [0.3, 0.4) is 0 Å². The van der Waals surface area contributed by atoms with Crippen LogP contribution in [0.1, 0.15) is 64.0 Å². The predicted molar refractivity (Wildman–Crippen MR) is 115 cm³/mol. The monoisotopic (exact) mass is 468 g/mol. The number of ether oxygens (including phenoxy) is 1. The number of hydrogen-bond acceptors (Lipinski definition) is 4. The molecule has 9 heteroatoms. The molecule has 0 bridgehead atoms. The van der Waals surface area contributed by atoms with Crippen molar-refractivity contribution >= 4 is 17.8 Å². The first kappa shape index (κ1) is 25.1. The summed E-state index contributed by atoms with van der Waals surface area (Å²) in [6.45, 7) is 6.82. The highest BCUT2D eigenvalue weighted by molar-refractivity contribution is 6.03. The zero-order valence-electron chi connectivity index (χ0n) is 19.3. The van der Waals surface area contributed by atoms with Gasteiger partial charge < -0.3 is 14.5 Å². The maximum absolute atomic E-state index is 12.8. The van der Waals surface area contributed by atoms with Crippen LogP contribution in [0.2, 0.25) is 0 Å². The summed E-state index contributed by atoms with van der Waals surface area (Å²) in [4.78, 5) is 41.0. The second-order valence-corrected chi connectivity index (χ2v) is 9.69. The number of carbonyl (C=O) groups excluding carboxylic acids is 3. The highest BCUT2D eigenvalue weighted by Crippen LogP contribution is 2.39. The van der Waals surface area contributed by atoms with E-state index >= 15 is 0 Å². The predicted octanol–water partition coefficient (Wildman–Crippen LogP) is 4.80. The molecule has 1 aromatic rings. The third-order valence-corrected chi connectivity index (χ3v) is 6.60. The van der Waals surface area contributed by atoms with Gasteiger partial charge in [-0.1, -0.05) is 25.5 Å². The number of amides is 2. The molecule has 3 rings (SSSR count). The molecule has 2 amide bonds. The number of carbonyl (C=O) groups is 3. The summed E-state index contributed by atoms with van der Waals surface area (Å²) < 4.78 is 44.0. The van der Waals surface area contributed by atoms with E-state index in [1.807, 2.05) is 20.8 Å². The molecule has 0 atom stereocenters. The third kappa shape index (κ3) is 5.86. The second kappa shape index (κ2) is 9.35. The fourth-order valence-electron chi connectivity index (χ4n) is 4.65. The third-order valence-electron chi connectivity index (χ3n) is 6.60. The van der Waals surface area contributed by atoms with Gasteiger partial charge in [0.15, 0.2) is 0 Å². The van der Waals surface area contributed by atoms with Crippen LogP contribution in [-0.4, -0.2) is 52.8 Å². The quantitative estimate of drug-likeness (QED) is 0.582. The Balaban J connectivity index is 1.64. The molecular weight excluding hydrogens is 437 g/mol. The van der Waals surface area contributed by atoms with Gasteiger partial charge in [0.2, 0.25) is 5.91 Å². The second-order valence-electron chi connectivity index (χ2n) is 9.69. The van der Waals surface area contributed by atoms with E-state index in [1.54, 1.807) is 9.80 Å². The molecule has 2 aliphatic rings. The number of piperidine rings is 2. The van der Waals surface area contributed by atoms with Crippen molar-refractivity contribution in [3.63, 3.8) is 0 Å². The van der Waals surface area contributed by atoms with Gasteiger partial charge in [-0.15, -0.1) is 0 Å². The van der Waals surface area contributed by atoms with Crippen LogP contribution in [0.4, 0.5) is 18.0 Å². The normalized spacial score (nSPS) is 19.2. The Labute approximate surface area is 192 Å². The topological polar surface area (TPSA) is 66.9 Å². The lowest BCUT2D eigenvalue weighted by atomic mass is 9.71. The first-order chi connectivity index (χ1) is 15.3. The van der Waals surface area contributed by atoms with Gasteiger partial charge in [0, 0.05) is 26.2 Å². The van der Waals surface area contributed by atoms with Crippen molar-refractivity contribution in [2.45, 2.75) is 71.2 Å². The van der Waals surface area contributed by atoms with Gasteiger partial charge in [-0.3, -0.25) is 9.59 Å². The number of benzene rings is 1. The molecule has 0 aromatic heterocycles. The van der Waals surface area contributed by atoms with Crippen molar-refractivity contribution in [3.8, 4) is 0 Å². The standard InChI is InChI=1S/C24H31F3N2O4/c1-4-9-22(2,3)33-21(32)28-12-10-23(11-13-28)16-29(20(31)14-19(23)30)15-17-5-7-18(8-6-17)24(25,26)27/h5-8H,4,9-16H2,1-3H3. The van der Waals surface area contributed by atoms with Crippen LogP contribution >= 0.6 is 0 Å². The molecule has 2 aliphatic heterocycles. The van der Waals surface area contributed by atoms with E-state index in [4.69, 9.17) is 4.74 Å². The average Bonchev–Trinajstić information content (AvgIpc) is 2.72. The summed E-state index contributed by atoms with van der Waals surface area (Å²) in [5.74, 6) is -0.454. The van der Waals surface area contributed by atoms with Crippen LogP contribution in [0, 0.1) is 5.41 Å². The number of ketones is 1. The minimum absolute atomic E-state index is 0.129. The zero-order chi connectivity index (χ0) is 24.4. The molecule has 2 heterocycles. The number of nitrogens with zero attached hydrogens (tertiary/aromatic N) is 2. The van der Waals surface area contributed by atoms with Gasteiger partial charge in [0.05, 0.1) is 17.4 Å². The number of rotatable bonds is 5. The van der Waals surface area contributed by atoms with Gasteiger partial charge >= 0.3 is 12.3 Å². The highest BCUT2D eigenvalue weighted by atomic mass is 19.4. The number of likely N-dealkylation sites (tertiary alicyclic amines) is 2. The van der Waals surface area contributed by atoms with Crippen molar-refractivity contribution in [3.05, 3.63) is 35.4 Å². The summed E-state index contributed by atoms with van der Waals surface area (Å²) in [7, 11) is 0. The Bertz CT molecular complexity index is 888. The molecule has 1 aromatic carbocycles. The Morgan fingerprint density at radius 3 is 2.24 bits per heavy atom. The summed E-state index contributed by atoms with van der Waals surface area (Å²) in [6.07, 6.45) is -2.57. The summed E-state index contributed by atoms with van der Waals surface area (Å²) in [5, 5.41) is 0. The fourth-order valence-corrected chi connectivity index (χ4v) is 4.65. The Kier molecular flexibility index (Phi) is 7.10. The number of alkyl halides is 3. The van der Waals surface area contributed by atoms with Crippen molar-refractivity contribution in [1.82, 2.24) is 9.80 Å².